The zero-order chi connectivity index (χ0) is 21.2. The molecule has 2 heterocycles. The van der Waals surface area contributed by atoms with Crippen LogP contribution in [0, 0.1) is 13.8 Å². The van der Waals surface area contributed by atoms with Crippen LogP contribution in [-0.4, -0.2) is 67.1 Å². The minimum Gasteiger partial charge on any atom is -0.444 e. The molecule has 0 unspecified atom stereocenters. The van der Waals surface area contributed by atoms with Gasteiger partial charge < -0.3 is 20.0 Å². The van der Waals surface area contributed by atoms with Gasteiger partial charge in [0.2, 0.25) is 5.89 Å². The largest absolute Gasteiger partial charge is 0.444 e. The number of rotatable bonds is 9. The molecule has 0 bridgehead atoms. The third kappa shape index (κ3) is 8.78. The Bertz CT molecular complexity index is 767. The van der Waals surface area contributed by atoms with Gasteiger partial charge in [0, 0.05) is 46.3 Å². The zero-order valence-corrected chi connectivity index (χ0v) is 21.4. The highest BCUT2D eigenvalue weighted by atomic mass is 127. The summed E-state index contributed by atoms with van der Waals surface area (Å²) in [6.45, 7) is 12.2. The van der Waals surface area contributed by atoms with E-state index in [0.29, 0.717) is 12.4 Å². The highest BCUT2D eigenvalue weighted by Crippen LogP contribution is 2.09. The van der Waals surface area contributed by atoms with Crippen LogP contribution in [0.15, 0.2) is 39.7 Å². The molecule has 1 saturated heterocycles. The van der Waals surface area contributed by atoms with Crippen LogP contribution < -0.4 is 10.6 Å². The fraction of sp³-hybridized carbons (Fsp3) is 0.565. The van der Waals surface area contributed by atoms with E-state index in [9.17, 15) is 0 Å². The number of benzene rings is 1. The number of halogens is 1. The van der Waals surface area contributed by atoms with Crippen LogP contribution in [-0.2, 0) is 13.1 Å². The molecule has 7 nitrogen and oxygen atoms in total. The van der Waals surface area contributed by atoms with E-state index in [-0.39, 0.29) is 24.0 Å². The summed E-state index contributed by atoms with van der Waals surface area (Å²) in [6.07, 6.45) is 2.32. The first kappa shape index (κ1) is 25.6. The molecule has 0 amide bonds. The molecule has 8 heteroatoms. The van der Waals surface area contributed by atoms with Gasteiger partial charge in [-0.1, -0.05) is 30.3 Å². The molecule has 0 aliphatic carbocycles. The standard InChI is InChI=1S/C23H36N6O.HI/c1-19-20(2)30-22(27-19)17-26-23(24-3)25-11-7-8-12-28-13-15-29(16-14-28)18-21-9-5-4-6-10-21;/h4-6,9-10H,7-8,11-18H2,1-3H3,(H2,24,25,26);1H. The molecule has 2 aromatic rings. The molecule has 2 N–H and O–H groups in total. The average Bonchev–Trinajstić information content (AvgIpc) is 3.09. The van der Waals surface area contributed by atoms with Crippen molar-refractivity contribution in [2.75, 3.05) is 46.3 Å². The maximum absolute atomic E-state index is 5.59. The van der Waals surface area contributed by atoms with E-state index < -0.39 is 0 Å². The second-order valence-electron chi connectivity index (χ2n) is 7.91. The maximum Gasteiger partial charge on any atom is 0.214 e. The van der Waals surface area contributed by atoms with E-state index in [1.807, 2.05) is 13.8 Å². The van der Waals surface area contributed by atoms with Gasteiger partial charge in [0.15, 0.2) is 5.96 Å². The normalized spacial score (nSPS) is 15.5. The SMILES string of the molecule is CN=C(NCCCCN1CCN(Cc2ccccc2)CC1)NCc1nc(C)c(C)o1.I. The maximum atomic E-state index is 5.59. The van der Waals surface area contributed by atoms with Crippen molar-refractivity contribution >= 4 is 29.9 Å². The highest BCUT2D eigenvalue weighted by Gasteiger charge is 2.16. The average molecular weight is 540 g/mol. The molecular formula is C23H37IN6O. The number of hydrogen-bond acceptors (Lipinski definition) is 5. The topological polar surface area (TPSA) is 68.9 Å². The summed E-state index contributed by atoms with van der Waals surface area (Å²) in [5, 5.41) is 6.63. The third-order valence-corrected chi connectivity index (χ3v) is 5.61. The lowest BCUT2D eigenvalue weighted by Gasteiger charge is -2.34. The number of piperazine rings is 1. The molecule has 0 atom stereocenters. The summed E-state index contributed by atoms with van der Waals surface area (Å²) in [4.78, 5) is 13.8. The Morgan fingerprint density at radius 1 is 1.03 bits per heavy atom. The molecule has 1 aromatic heterocycles. The Kier molecular flexibility index (Phi) is 11.3. The lowest BCUT2D eigenvalue weighted by atomic mass is 10.2. The first-order chi connectivity index (χ1) is 14.6. The Morgan fingerprint density at radius 2 is 1.74 bits per heavy atom. The second kappa shape index (κ2) is 13.7. The number of aryl methyl sites for hydroxylation is 2. The van der Waals surface area contributed by atoms with Crippen LogP contribution in [0.1, 0.15) is 35.7 Å². The number of oxazole rings is 1. The molecule has 172 valence electrons. The van der Waals surface area contributed by atoms with Gasteiger partial charge in [-0.2, -0.15) is 0 Å². The highest BCUT2D eigenvalue weighted by molar-refractivity contribution is 14.0. The quantitative estimate of drug-likeness (QED) is 0.221. The number of unbranched alkanes of at least 4 members (excludes halogenated alkanes) is 1. The second-order valence-corrected chi connectivity index (χ2v) is 7.91. The predicted molar refractivity (Wildman–Crippen MR) is 137 cm³/mol. The van der Waals surface area contributed by atoms with Gasteiger partial charge in [0.1, 0.15) is 5.76 Å². The number of nitrogens with one attached hydrogen (secondary N) is 2. The monoisotopic (exact) mass is 540 g/mol. The summed E-state index contributed by atoms with van der Waals surface area (Å²) in [6, 6.07) is 10.8. The number of hydrogen-bond donors (Lipinski definition) is 2. The van der Waals surface area contributed by atoms with Crippen molar-refractivity contribution in [3.8, 4) is 0 Å². The van der Waals surface area contributed by atoms with E-state index >= 15 is 0 Å². The van der Waals surface area contributed by atoms with Crippen molar-refractivity contribution in [3.63, 3.8) is 0 Å². The van der Waals surface area contributed by atoms with Crippen LogP contribution in [0.5, 0.6) is 0 Å². The lowest BCUT2D eigenvalue weighted by molar-refractivity contribution is 0.126. The van der Waals surface area contributed by atoms with Crippen molar-refractivity contribution in [1.82, 2.24) is 25.4 Å². The molecule has 1 fully saturated rings. The van der Waals surface area contributed by atoms with Gasteiger partial charge in [0.05, 0.1) is 12.2 Å². The van der Waals surface area contributed by atoms with Crippen LogP contribution >= 0.6 is 24.0 Å². The summed E-state index contributed by atoms with van der Waals surface area (Å²) >= 11 is 0. The summed E-state index contributed by atoms with van der Waals surface area (Å²) < 4.78 is 5.59. The van der Waals surface area contributed by atoms with Crippen LogP contribution in [0.4, 0.5) is 0 Å². The van der Waals surface area contributed by atoms with Gasteiger partial charge in [-0.25, -0.2) is 4.98 Å². The van der Waals surface area contributed by atoms with Crippen molar-refractivity contribution in [1.29, 1.82) is 0 Å². The Labute approximate surface area is 203 Å². The Hall–Kier alpha value is -1.65. The minimum atomic E-state index is 0. The third-order valence-electron chi connectivity index (χ3n) is 5.61. The molecule has 0 spiro atoms. The van der Waals surface area contributed by atoms with E-state index in [2.05, 4.69) is 60.7 Å². The zero-order valence-electron chi connectivity index (χ0n) is 19.1. The van der Waals surface area contributed by atoms with Gasteiger partial charge in [0.25, 0.3) is 0 Å². The van der Waals surface area contributed by atoms with Crippen molar-refractivity contribution in [2.24, 2.45) is 4.99 Å². The molecule has 31 heavy (non-hydrogen) atoms. The van der Waals surface area contributed by atoms with Crippen LogP contribution in [0.25, 0.3) is 0 Å². The van der Waals surface area contributed by atoms with Gasteiger partial charge in [-0.05, 0) is 38.8 Å². The summed E-state index contributed by atoms with van der Waals surface area (Å²) in [5.41, 5.74) is 2.35. The van der Waals surface area contributed by atoms with E-state index in [0.717, 1.165) is 50.0 Å². The number of aliphatic imine (C=N–C) groups is 1. The Morgan fingerprint density at radius 3 is 2.39 bits per heavy atom. The molecule has 1 aromatic carbocycles. The number of aromatic nitrogens is 1. The van der Waals surface area contributed by atoms with Crippen molar-refractivity contribution < 1.29 is 4.42 Å². The summed E-state index contributed by atoms with van der Waals surface area (Å²) in [7, 11) is 1.79. The first-order valence-corrected chi connectivity index (χ1v) is 11.0. The lowest BCUT2D eigenvalue weighted by Crippen LogP contribution is -2.46. The summed E-state index contributed by atoms with van der Waals surface area (Å²) in [5.74, 6) is 2.35. The molecule has 1 aliphatic heterocycles. The molecule has 0 radical (unpaired) electrons. The van der Waals surface area contributed by atoms with E-state index in [1.165, 1.54) is 31.6 Å². The molecule has 1 aliphatic rings. The van der Waals surface area contributed by atoms with Gasteiger partial charge in [-0.3, -0.25) is 9.89 Å². The Balaban J connectivity index is 0.00000341. The van der Waals surface area contributed by atoms with E-state index in [1.54, 1.807) is 7.05 Å². The fourth-order valence-electron chi connectivity index (χ4n) is 3.67. The smallest absolute Gasteiger partial charge is 0.214 e. The number of guanidine groups is 1. The first-order valence-electron chi connectivity index (χ1n) is 11.0. The fourth-order valence-corrected chi connectivity index (χ4v) is 3.67. The van der Waals surface area contributed by atoms with Crippen molar-refractivity contribution in [3.05, 3.63) is 53.2 Å². The van der Waals surface area contributed by atoms with E-state index in [4.69, 9.17) is 4.42 Å². The molecule has 3 rings (SSSR count). The van der Waals surface area contributed by atoms with Gasteiger partial charge >= 0.3 is 0 Å². The molecular weight excluding hydrogens is 503 g/mol. The molecule has 0 saturated carbocycles. The number of nitrogens with zero attached hydrogens (tertiary/aromatic N) is 4. The van der Waals surface area contributed by atoms with Crippen LogP contribution in [0.2, 0.25) is 0 Å². The van der Waals surface area contributed by atoms with Crippen molar-refractivity contribution in [2.45, 2.75) is 39.8 Å². The van der Waals surface area contributed by atoms with Crippen LogP contribution in [0.3, 0.4) is 0 Å². The minimum absolute atomic E-state index is 0. The predicted octanol–water partition coefficient (Wildman–Crippen LogP) is 3.17. The van der Waals surface area contributed by atoms with Gasteiger partial charge in [-0.15, -0.1) is 24.0 Å².